The molecule has 124 valence electrons. The van der Waals surface area contributed by atoms with Gasteiger partial charge >= 0.3 is 0 Å². The Bertz CT molecular complexity index is 853. The quantitative estimate of drug-likeness (QED) is 0.472. The third kappa shape index (κ3) is 3.68. The Morgan fingerprint density at radius 2 is 2.00 bits per heavy atom. The Hall–Kier alpha value is -1.16. The third-order valence-corrected chi connectivity index (χ3v) is 4.97. The van der Waals surface area contributed by atoms with Crippen LogP contribution in [0.4, 0.5) is 8.78 Å². The third-order valence-electron chi connectivity index (χ3n) is 2.59. The minimum atomic E-state index is -2.69. The highest BCUT2D eigenvalue weighted by Crippen LogP contribution is 2.33. The van der Waals surface area contributed by atoms with E-state index in [1.54, 1.807) is 0 Å². The van der Waals surface area contributed by atoms with Gasteiger partial charge < -0.3 is 0 Å². The van der Waals surface area contributed by atoms with Gasteiger partial charge in [0, 0.05) is 0 Å². The highest BCUT2D eigenvalue weighted by atomic mass is 35.7. The van der Waals surface area contributed by atoms with Gasteiger partial charge in [-0.25, -0.2) is 17.5 Å². The van der Waals surface area contributed by atoms with Crippen LogP contribution in [0.3, 0.4) is 0 Å². The van der Waals surface area contributed by atoms with Gasteiger partial charge in [-0.2, -0.15) is 5.10 Å². The molecule has 0 aromatic carbocycles. The maximum Gasteiger partial charge on any atom is 0.291 e. The van der Waals surface area contributed by atoms with E-state index in [0.717, 1.165) is 11.3 Å². The van der Waals surface area contributed by atoms with Crippen molar-refractivity contribution in [2.45, 2.75) is 25.2 Å². The Morgan fingerprint density at radius 3 is 2.57 bits per heavy atom. The van der Waals surface area contributed by atoms with Crippen LogP contribution in [0.5, 0.6) is 0 Å². The number of alkyl halides is 2. The molecule has 3 heterocycles. The van der Waals surface area contributed by atoms with Crippen LogP contribution in [0, 0.1) is 0 Å². The first-order valence-corrected chi connectivity index (χ1v) is 9.51. The summed E-state index contributed by atoms with van der Waals surface area (Å²) in [7, 11) is 3.79. The van der Waals surface area contributed by atoms with Gasteiger partial charge in [-0.3, -0.25) is 0 Å². The summed E-state index contributed by atoms with van der Waals surface area (Å²) in [6.07, 6.45) is -1.26. The van der Waals surface area contributed by atoms with Crippen molar-refractivity contribution in [3.8, 4) is 10.6 Å². The van der Waals surface area contributed by atoms with E-state index in [1.165, 1.54) is 22.8 Å². The summed E-state index contributed by atoms with van der Waals surface area (Å²) in [5, 5.41) is 11.3. The predicted molar refractivity (Wildman–Crippen MR) is 87.7 cm³/mol. The lowest BCUT2D eigenvalue weighted by Crippen LogP contribution is -1.92. The number of hydrogen-bond acceptors (Lipinski definition) is 5. The molecule has 0 aliphatic rings. The topological polar surface area (TPSA) is 60.2 Å². The zero-order chi connectivity index (χ0) is 17.1. The van der Waals surface area contributed by atoms with Crippen LogP contribution in [0.2, 0.25) is 5.15 Å². The van der Waals surface area contributed by atoms with Crippen LogP contribution in [0.1, 0.15) is 25.3 Å². The Kier molecular flexibility index (Phi) is 6.01. The maximum atomic E-state index is 12.6. The van der Waals surface area contributed by atoms with Crippen LogP contribution in [0.25, 0.3) is 16.1 Å². The molecule has 0 aliphatic carbocycles. The van der Waals surface area contributed by atoms with Gasteiger partial charge in [-0.05, 0) is 22.8 Å². The predicted octanol–water partition coefficient (Wildman–Crippen LogP) is 4.73. The lowest BCUT2D eigenvalue weighted by atomic mass is 10.3. The Morgan fingerprint density at radius 1 is 1.30 bits per heavy atom. The lowest BCUT2D eigenvalue weighted by Gasteiger charge is -2.01. The fraction of sp³-hybridized carbons (Fsp3) is 0.250. The van der Waals surface area contributed by atoms with Crippen molar-refractivity contribution in [3.05, 3.63) is 28.5 Å². The zero-order valence-electron chi connectivity index (χ0n) is 11.8. The number of pyridine rings is 1. The molecule has 0 saturated carbocycles. The average molecular weight is 399 g/mol. The Balaban J connectivity index is 0.000000924. The minimum absolute atomic E-state index is 0.196. The standard InChI is InChI=1S/C10H4Cl2F2N4OS2.C2H6/c11-7-2-4(21(12)19)1-6-5(3-15-18(6)7)9-16-17-10(20-9)8(13)14;1-2/h1-3,8H;1-2H3. The second kappa shape index (κ2) is 7.61. The molecule has 3 aromatic heterocycles. The maximum absolute atomic E-state index is 12.6. The SMILES string of the molecule is CC.O=S(Cl)c1cc(Cl)n2ncc(-c3nnc(C(F)F)s3)c2c1. The van der Waals surface area contributed by atoms with E-state index in [4.69, 9.17) is 22.3 Å². The number of hydrogen-bond donors (Lipinski definition) is 0. The van der Waals surface area contributed by atoms with E-state index in [0.29, 0.717) is 11.1 Å². The normalized spacial score (nSPS) is 12.3. The zero-order valence-corrected chi connectivity index (χ0v) is 15.0. The molecule has 0 fully saturated rings. The molecule has 0 saturated heterocycles. The van der Waals surface area contributed by atoms with Crippen molar-refractivity contribution >= 4 is 49.1 Å². The fourth-order valence-electron chi connectivity index (χ4n) is 1.71. The largest absolute Gasteiger partial charge is 0.291 e. The van der Waals surface area contributed by atoms with Crippen molar-refractivity contribution < 1.29 is 13.0 Å². The van der Waals surface area contributed by atoms with Crippen molar-refractivity contribution in [1.82, 2.24) is 19.8 Å². The van der Waals surface area contributed by atoms with Crippen LogP contribution in [-0.4, -0.2) is 24.0 Å². The van der Waals surface area contributed by atoms with E-state index in [-0.39, 0.29) is 20.1 Å². The van der Waals surface area contributed by atoms with Gasteiger partial charge in [0.05, 0.1) is 22.2 Å². The molecule has 0 bridgehead atoms. The van der Waals surface area contributed by atoms with Crippen LogP contribution in [0.15, 0.2) is 23.2 Å². The molecule has 11 heteroatoms. The van der Waals surface area contributed by atoms with Crippen LogP contribution >= 0.6 is 33.6 Å². The van der Waals surface area contributed by atoms with Gasteiger partial charge in [-0.15, -0.1) is 10.2 Å². The van der Waals surface area contributed by atoms with Gasteiger partial charge in [0.25, 0.3) is 6.43 Å². The van der Waals surface area contributed by atoms with Crippen molar-refractivity contribution in [3.63, 3.8) is 0 Å². The lowest BCUT2D eigenvalue weighted by molar-refractivity contribution is 0.150. The molecule has 0 N–H and O–H groups in total. The van der Waals surface area contributed by atoms with E-state index in [1.807, 2.05) is 13.8 Å². The van der Waals surface area contributed by atoms with Gasteiger partial charge in [0.1, 0.15) is 15.2 Å². The molecule has 1 atom stereocenters. The van der Waals surface area contributed by atoms with Crippen molar-refractivity contribution in [2.24, 2.45) is 0 Å². The van der Waals surface area contributed by atoms with Crippen molar-refractivity contribution in [2.75, 3.05) is 0 Å². The number of fused-ring (bicyclic) bond motifs is 1. The average Bonchev–Trinajstić information content (AvgIpc) is 3.15. The molecule has 0 aliphatic heterocycles. The molecule has 3 rings (SSSR count). The molecule has 3 aromatic rings. The number of halogens is 4. The summed E-state index contributed by atoms with van der Waals surface area (Å²) in [6.45, 7) is 4.00. The summed E-state index contributed by atoms with van der Waals surface area (Å²) in [5.41, 5.74) is 0.925. The van der Waals surface area contributed by atoms with Crippen LogP contribution in [-0.2, 0) is 10.0 Å². The summed E-state index contributed by atoms with van der Waals surface area (Å²) < 4.78 is 37.9. The second-order valence-electron chi connectivity index (χ2n) is 3.84. The highest BCUT2D eigenvalue weighted by molar-refractivity contribution is 8.08. The molecule has 1 unspecified atom stereocenters. The first kappa shape index (κ1) is 18.2. The molecular weight excluding hydrogens is 389 g/mol. The van der Waals surface area contributed by atoms with Crippen LogP contribution < -0.4 is 0 Å². The van der Waals surface area contributed by atoms with E-state index in [9.17, 15) is 13.0 Å². The van der Waals surface area contributed by atoms with E-state index in [2.05, 4.69) is 15.3 Å². The first-order valence-electron chi connectivity index (χ1n) is 6.34. The van der Waals surface area contributed by atoms with Gasteiger partial charge in [-0.1, -0.05) is 36.8 Å². The minimum Gasteiger partial charge on any atom is -0.237 e. The molecule has 0 amide bonds. The molecule has 0 spiro atoms. The molecule has 0 radical (unpaired) electrons. The van der Waals surface area contributed by atoms with E-state index < -0.39 is 16.4 Å². The summed E-state index contributed by atoms with van der Waals surface area (Å²) in [4.78, 5) is 0.287. The molecular formula is C12H10Cl2F2N4OS2. The fourth-order valence-corrected chi connectivity index (χ4v) is 3.42. The summed E-state index contributed by atoms with van der Waals surface area (Å²) in [6, 6.07) is 2.93. The van der Waals surface area contributed by atoms with Crippen molar-refractivity contribution in [1.29, 1.82) is 0 Å². The second-order valence-corrected chi connectivity index (χ2v) is 6.99. The summed E-state index contributed by atoms with van der Waals surface area (Å²) in [5.74, 6) is 0. The number of rotatable bonds is 3. The van der Waals surface area contributed by atoms with Gasteiger partial charge in [0.15, 0.2) is 10.0 Å². The summed E-state index contributed by atoms with van der Waals surface area (Å²) >= 11 is 6.77. The van der Waals surface area contributed by atoms with Gasteiger partial charge in [0.2, 0.25) is 0 Å². The first-order chi connectivity index (χ1) is 11.0. The Labute approximate surface area is 146 Å². The molecule has 23 heavy (non-hydrogen) atoms. The smallest absolute Gasteiger partial charge is 0.237 e. The van der Waals surface area contributed by atoms with E-state index >= 15 is 0 Å². The number of aromatic nitrogens is 4. The monoisotopic (exact) mass is 398 g/mol. The molecule has 5 nitrogen and oxygen atoms in total. The highest BCUT2D eigenvalue weighted by Gasteiger charge is 2.19. The number of nitrogens with zero attached hydrogens (tertiary/aromatic N) is 4.